The molecular weight excluding hydrogens is 476 g/mol. The number of amides is 3. The predicted molar refractivity (Wildman–Crippen MR) is 113 cm³/mol. The van der Waals surface area contributed by atoms with Crippen molar-refractivity contribution in [1.29, 1.82) is 0 Å². The summed E-state index contributed by atoms with van der Waals surface area (Å²) < 4.78 is 5.78. The molecule has 1 aliphatic heterocycles. The number of nitrogens with zero attached hydrogens (tertiary/aromatic N) is 1. The third kappa shape index (κ3) is 3.46. The van der Waals surface area contributed by atoms with Crippen LogP contribution in [0.25, 0.3) is 0 Å². The second kappa shape index (κ2) is 7.81. The minimum absolute atomic E-state index is 0.0661. The van der Waals surface area contributed by atoms with Gasteiger partial charge >= 0.3 is 5.97 Å². The van der Waals surface area contributed by atoms with Crippen molar-refractivity contribution in [3.8, 4) is 0 Å². The summed E-state index contributed by atoms with van der Waals surface area (Å²) in [5.74, 6) is -2.61. The van der Waals surface area contributed by atoms with Gasteiger partial charge in [-0.05, 0) is 65.7 Å². The zero-order valence-electron chi connectivity index (χ0n) is 16.4. The van der Waals surface area contributed by atoms with E-state index >= 15 is 0 Å². The fourth-order valence-corrected chi connectivity index (χ4v) is 5.26. The third-order valence-electron chi connectivity index (χ3n) is 6.12. The minimum atomic E-state index is -1.08. The van der Waals surface area contributed by atoms with E-state index in [4.69, 9.17) is 16.3 Å². The van der Waals surface area contributed by atoms with E-state index in [2.05, 4.69) is 21.2 Å². The lowest BCUT2D eigenvalue weighted by Gasteiger charge is -2.23. The number of carbonyl (C=O) groups is 4. The lowest BCUT2D eigenvalue weighted by Crippen LogP contribution is -2.45. The summed E-state index contributed by atoms with van der Waals surface area (Å²) in [5, 5.41) is 3.07. The van der Waals surface area contributed by atoms with Gasteiger partial charge in [-0.15, -0.1) is 0 Å². The maximum atomic E-state index is 12.8. The second-order valence-electron chi connectivity index (χ2n) is 7.96. The smallest absolute Gasteiger partial charge is 0.329 e. The molecule has 2 fully saturated rings. The Bertz CT molecular complexity index is 964. The van der Waals surface area contributed by atoms with Gasteiger partial charge in [-0.25, -0.2) is 4.79 Å². The van der Waals surface area contributed by atoms with Gasteiger partial charge in [0.25, 0.3) is 5.91 Å². The number of imide groups is 1. The van der Waals surface area contributed by atoms with E-state index in [1.165, 1.54) is 6.92 Å². The van der Waals surface area contributed by atoms with Gasteiger partial charge in [0.05, 0.1) is 16.9 Å². The van der Waals surface area contributed by atoms with Gasteiger partial charge in [-0.2, -0.15) is 0 Å². The number of anilines is 1. The molecule has 0 unspecified atom stereocenters. The number of aryl methyl sites for hydroxylation is 1. The SMILES string of the molecule is Cc1cc(Br)c(Cl)cc1NC(=O)COC(=O)[C@H](C)N1C(=O)[C@@H]2[C@H](C1=O)[C@H]1C=C[C@H]2C1. The number of hydrogen-bond acceptors (Lipinski definition) is 5. The summed E-state index contributed by atoms with van der Waals surface area (Å²) in [4.78, 5) is 51.2. The van der Waals surface area contributed by atoms with Gasteiger partial charge in [0.1, 0.15) is 6.04 Å². The number of hydrogen-bond donors (Lipinski definition) is 1. The summed E-state index contributed by atoms with van der Waals surface area (Å²) in [7, 11) is 0. The van der Waals surface area contributed by atoms with Gasteiger partial charge < -0.3 is 10.1 Å². The number of allylic oxidation sites excluding steroid dienone is 2. The molecule has 1 aromatic carbocycles. The molecule has 1 saturated heterocycles. The molecule has 1 N–H and O–H groups in total. The number of carbonyl (C=O) groups excluding carboxylic acids is 4. The number of fused-ring (bicyclic) bond motifs is 5. The first kappa shape index (κ1) is 21.1. The Balaban J connectivity index is 1.35. The quantitative estimate of drug-likeness (QED) is 0.385. The fourth-order valence-electron chi connectivity index (χ4n) is 4.64. The molecule has 158 valence electrons. The van der Waals surface area contributed by atoms with Crippen molar-refractivity contribution >= 4 is 56.9 Å². The molecule has 7 nitrogen and oxygen atoms in total. The van der Waals surface area contributed by atoms with Crippen LogP contribution in [0.4, 0.5) is 5.69 Å². The van der Waals surface area contributed by atoms with Crippen LogP contribution in [0, 0.1) is 30.6 Å². The van der Waals surface area contributed by atoms with Crippen molar-refractivity contribution in [3.05, 3.63) is 39.3 Å². The van der Waals surface area contributed by atoms with Crippen LogP contribution < -0.4 is 5.32 Å². The molecule has 1 saturated carbocycles. The van der Waals surface area contributed by atoms with Crippen molar-refractivity contribution in [1.82, 2.24) is 4.90 Å². The average molecular weight is 496 g/mol. The van der Waals surface area contributed by atoms with Crippen LogP contribution >= 0.6 is 27.5 Å². The molecule has 0 spiro atoms. The van der Waals surface area contributed by atoms with Crippen molar-refractivity contribution in [2.45, 2.75) is 26.3 Å². The molecule has 1 aromatic rings. The third-order valence-corrected chi connectivity index (χ3v) is 7.32. The van der Waals surface area contributed by atoms with E-state index in [-0.39, 0.29) is 35.5 Å². The Hall–Kier alpha value is -2.19. The Labute approximate surface area is 186 Å². The van der Waals surface area contributed by atoms with E-state index < -0.39 is 24.5 Å². The minimum Gasteiger partial charge on any atom is -0.454 e. The van der Waals surface area contributed by atoms with Crippen LogP contribution in [0.3, 0.4) is 0 Å². The molecule has 0 aromatic heterocycles. The number of benzene rings is 1. The normalized spacial score (nSPS) is 27.4. The van der Waals surface area contributed by atoms with Gasteiger partial charge in [0.15, 0.2) is 6.61 Å². The largest absolute Gasteiger partial charge is 0.454 e. The average Bonchev–Trinajstić information content (AvgIpc) is 3.37. The van der Waals surface area contributed by atoms with Gasteiger partial charge in [-0.3, -0.25) is 19.3 Å². The molecule has 3 aliphatic rings. The maximum Gasteiger partial charge on any atom is 0.329 e. The topological polar surface area (TPSA) is 92.8 Å². The Morgan fingerprint density at radius 1 is 1.23 bits per heavy atom. The first-order chi connectivity index (χ1) is 14.2. The first-order valence-electron chi connectivity index (χ1n) is 9.66. The van der Waals surface area contributed by atoms with Crippen molar-refractivity contribution in [3.63, 3.8) is 0 Å². The molecule has 30 heavy (non-hydrogen) atoms. The number of ether oxygens (including phenoxy) is 1. The Morgan fingerprint density at radius 2 is 1.83 bits per heavy atom. The molecule has 0 radical (unpaired) electrons. The van der Waals surface area contributed by atoms with Gasteiger partial charge in [0.2, 0.25) is 11.8 Å². The number of likely N-dealkylation sites (tertiary alicyclic amines) is 1. The van der Waals surface area contributed by atoms with E-state index in [1.807, 2.05) is 12.2 Å². The Morgan fingerprint density at radius 3 is 2.43 bits per heavy atom. The summed E-state index contributed by atoms with van der Waals surface area (Å²) >= 11 is 9.35. The molecule has 1 heterocycles. The van der Waals surface area contributed by atoms with Crippen molar-refractivity contribution in [2.75, 3.05) is 11.9 Å². The second-order valence-corrected chi connectivity index (χ2v) is 9.22. The molecule has 3 amide bonds. The highest BCUT2D eigenvalue weighted by Crippen LogP contribution is 2.52. The molecule has 2 aliphatic carbocycles. The van der Waals surface area contributed by atoms with E-state index in [9.17, 15) is 19.2 Å². The van der Waals surface area contributed by atoms with Crippen LogP contribution in [-0.4, -0.2) is 41.2 Å². The number of halogens is 2. The summed E-state index contributed by atoms with van der Waals surface area (Å²) in [6.07, 6.45) is 4.80. The summed E-state index contributed by atoms with van der Waals surface area (Å²) in [6, 6.07) is 2.27. The summed E-state index contributed by atoms with van der Waals surface area (Å²) in [5.41, 5.74) is 1.28. The lowest BCUT2D eigenvalue weighted by molar-refractivity contribution is -0.159. The number of nitrogens with one attached hydrogen (secondary N) is 1. The van der Waals surface area contributed by atoms with Crippen molar-refractivity contribution in [2.24, 2.45) is 23.7 Å². The number of esters is 1. The fraction of sp³-hybridized carbons (Fsp3) is 0.429. The molecule has 9 heteroatoms. The highest BCUT2D eigenvalue weighted by atomic mass is 79.9. The van der Waals surface area contributed by atoms with E-state index in [0.717, 1.165) is 16.9 Å². The van der Waals surface area contributed by atoms with Crippen molar-refractivity contribution < 1.29 is 23.9 Å². The van der Waals surface area contributed by atoms with Crippen LogP contribution in [0.2, 0.25) is 5.02 Å². The lowest BCUT2D eigenvalue weighted by atomic mass is 9.85. The maximum absolute atomic E-state index is 12.8. The van der Waals surface area contributed by atoms with E-state index in [0.29, 0.717) is 15.2 Å². The molecular formula is C21H20BrClN2O5. The van der Waals surface area contributed by atoms with Crippen LogP contribution in [0.5, 0.6) is 0 Å². The highest BCUT2D eigenvalue weighted by Gasteiger charge is 2.60. The monoisotopic (exact) mass is 494 g/mol. The van der Waals surface area contributed by atoms with Gasteiger partial charge in [-0.1, -0.05) is 23.8 Å². The predicted octanol–water partition coefficient (Wildman–Crippen LogP) is 3.09. The zero-order chi connectivity index (χ0) is 21.7. The van der Waals surface area contributed by atoms with Crippen LogP contribution in [0.15, 0.2) is 28.8 Å². The first-order valence-corrected chi connectivity index (χ1v) is 10.8. The number of rotatable bonds is 5. The van der Waals surface area contributed by atoms with Gasteiger partial charge in [0, 0.05) is 10.2 Å². The standard InChI is InChI=1S/C21H20BrClN2O5/c1-9-5-13(22)14(23)7-15(9)24-16(26)8-30-21(29)10(2)25-19(27)17-11-3-4-12(6-11)18(17)20(25)28/h3-5,7,10-12,17-18H,6,8H2,1-2H3,(H,24,26)/t10-,11-,12-,17-,18+/m0/s1. The zero-order valence-corrected chi connectivity index (χ0v) is 18.7. The summed E-state index contributed by atoms with van der Waals surface area (Å²) in [6.45, 7) is 2.71. The van der Waals surface area contributed by atoms with Crippen LogP contribution in [0.1, 0.15) is 18.9 Å². The van der Waals surface area contributed by atoms with Crippen LogP contribution in [-0.2, 0) is 23.9 Å². The molecule has 2 bridgehead atoms. The molecule has 5 atom stereocenters. The van der Waals surface area contributed by atoms with E-state index in [1.54, 1.807) is 19.1 Å². The highest BCUT2D eigenvalue weighted by molar-refractivity contribution is 9.10. The Kier molecular flexibility index (Phi) is 5.48. The molecule has 4 rings (SSSR count).